The van der Waals surface area contributed by atoms with Gasteiger partial charge in [0.15, 0.2) is 6.61 Å². The van der Waals surface area contributed by atoms with Gasteiger partial charge in [0.05, 0.1) is 0 Å². The average molecular weight is 273 g/mol. The number of likely N-dealkylation sites (N-methyl/N-ethyl adjacent to an activating group) is 1. The van der Waals surface area contributed by atoms with Crippen molar-refractivity contribution >= 4 is 0 Å². The second-order valence-electron chi connectivity index (χ2n) is 5.40. The van der Waals surface area contributed by atoms with Crippen LogP contribution in [-0.2, 0) is 0 Å². The van der Waals surface area contributed by atoms with Crippen molar-refractivity contribution < 1.29 is 4.74 Å². The van der Waals surface area contributed by atoms with Crippen LogP contribution in [0.25, 0.3) is 0 Å². The predicted molar refractivity (Wildman–Crippen MR) is 79.6 cm³/mol. The molecule has 20 heavy (non-hydrogen) atoms. The summed E-state index contributed by atoms with van der Waals surface area (Å²) in [4.78, 5) is 2.43. The number of nitrogens with zero attached hydrogens (tertiary/aromatic N) is 2. The molecule has 1 aromatic carbocycles. The van der Waals surface area contributed by atoms with Crippen LogP contribution in [-0.4, -0.2) is 37.7 Å². The van der Waals surface area contributed by atoms with E-state index in [2.05, 4.69) is 36.3 Å². The summed E-state index contributed by atoms with van der Waals surface area (Å²) >= 11 is 0. The molecule has 4 nitrogen and oxygen atoms in total. The van der Waals surface area contributed by atoms with Crippen LogP contribution >= 0.6 is 0 Å². The third-order valence-corrected chi connectivity index (χ3v) is 3.77. The number of hydrogen-bond acceptors (Lipinski definition) is 4. The Labute approximate surface area is 121 Å². The van der Waals surface area contributed by atoms with Crippen LogP contribution in [0, 0.1) is 11.3 Å². The summed E-state index contributed by atoms with van der Waals surface area (Å²) in [6, 6.07) is 11.1. The van der Waals surface area contributed by atoms with Gasteiger partial charge in [-0.1, -0.05) is 12.1 Å². The molecule has 1 fully saturated rings. The molecule has 2 rings (SSSR count). The summed E-state index contributed by atoms with van der Waals surface area (Å²) in [7, 11) is 2.20. The zero-order valence-corrected chi connectivity index (χ0v) is 12.3. The predicted octanol–water partition coefficient (Wildman–Crippen LogP) is 2.33. The van der Waals surface area contributed by atoms with Crippen LogP contribution in [0.1, 0.15) is 31.4 Å². The summed E-state index contributed by atoms with van der Waals surface area (Å²) in [5.74, 6) is 0.746. The van der Waals surface area contributed by atoms with Crippen LogP contribution in [0.2, 0.25) is 0 Å². The Morgan fingerprint density at radius 2 is 2.10 bits per heavy atom. The molecule has 4 heteroatoms. The average Bonchev–Trinajstić information content (AvgIpc) is 3.30. The first-order valence-electron chi connectivity index (χ1n) is 7.24. The first-order chi connectivity index (χ1) is 9.70. The molecule has 1 saturated carbocycles. The van der Waals surface area contributed by atoms with Gasteiger partial charge in [0.2, 0.25) is 0 Å². The topological polar surface area (TPSA) is 48.3 Å². The second kappa shape index (κ2) is 7.28. The maximum atomic E-state index is 8.47. The van der Waals surface area contributed by atoms with Crippen molar-refractivity contribution in [2.75, 3.05) is 26.7 Å². The fourth-order valence-electron chi connectivity index (χ4n) is 2.24. The molecule has 0 aliphatic heterocycles. The van der Waals surface area contributed by atoms with Gasteiger partial charge >= 0.3 is 0 Å². The minimum atomic E-state index is 0.0979. The van der Waals surface area contributed by atoms with Crippen LogP contribution in [0.3, 0.4) is 0 Å². The Hall–Kier alpha value is -1.57. The summed E-state index contributed by atoms with van der Waals surface area (Å²) < 4.78 is 5.25. The summed E-state index contributed by atoms with van der Waals surface area (Å²) in [5.41, 5.74) is 1.24. The first kappa shape index (κ1) is 14.8. The van der Waals surface area contributed by atoms with Crippen molar-refractivity contribution in [1.82, 2.24) is 10.2 Å². The molecule has 0 radical (unpaired) electrons. The van der Waals surface area contributed by atoms with Crippen molar-refractivity contribution in [3.8, 4) is 11.8 Å². The van der Waals surface area contributed by atoms with Gasteiger partial charge in [0.1, 0.15) is 11.8 Å². The first-order valence-corrected chi connectivity index (χ1v) is 7.24. The van der Waals surface area contributed by atoms with Crippen molar-refractivity contribution in [3.63, 3.8) is 0 Å². The number of benzene rings is 1. The molecule has 0 heterocycles. The molecule has 1 N–H and O–H groups in total. The van der Waals surface area contributed by atoms with Gasteiger partial charge in [-0.3, -0.25) is 0 Å². The van der Waals surface area contributed by atoms with Crippen LogP contribution in [0.4, 0.5) is 0 Å². The van der Waals surface area contributed by atoms with E-state index in [9.17, 15) is 0 Å². The highest BCUT2D eigenvalue weighted by molar-refractivity contribution is 5.29. The third-order valence-electron chi connectivity index (χ3n) is 3.77. The molecule has 1 aliphatic rings. The smallest absolute Gasteiger partial charge is 0.174 e. The Bertz CT molecular complexity index is 448. The molecule has 0 aromatic heterocycles. The Kier molecular flexibility index (Phi) is 5.40. The second-order valence-corrected chi connectivity index (χ2v) is 5.40. The van der Waals surface area contributed by atoms with Crippen molar-refractivity contribution in [2.45, 2.75) is 31.8 Å². The quantitative estimate of drug-likeness (QED) is 0.790. The van der Waals surface area contributed by atoms with Gasteiger partial charge in [-0.2, -0.15) is 5.26 Å². The highest BCUT2D eigenvalue weighted by Crippen LogP contribution is 2.24. The summed E-state index contributed by atoms with van der Waals surface area (Å²) in [5, 5.41) is 12.0. The molecule has 1 atom stereocenters. The molecule has 1 unspecified atom stereocenters. The van der Waals surface area contributed by atoms with E-state index in [0.29, 0.717) is 6.04 Å². The van der Waals surface area contributed by atoms with Gasteiger partial charge in [-0.15, -0.1) is 0 Å². The molecule has 0 saturated heterocycles. The van der Waals surface area contributed by atoms with Crippen molar-refractivity contribution in [3.05, 3.63) is 29.8 Å². The maximum Gasteiger partial charge on any atom is 0.174 e. The Morgan fingerprint density at radius 1 is 1.40 bits per heavy atom. The van der Waals surface area contributed by atoms with E-state index in [1.807, 2.05) is 18.2 Å². The van der Waals surface area contributed by atoms with E-state index in [1.54, 1.807) is 0 Å². The third kappa shape index (κ3) is 4.52. The fraction of sp³-hybridized carbons (Fsp3) is 0.562. The summed E-state index contributed by atoms with van der Waals surface area (Å²) in [6.07, 6.45) is 2.71. The van der Waals surface area contributed by atoms with Gasteiger partial charge in [-0.05, 0) is 44.5 Å². The van der Waals surface area contributed by atoms with Crippen LogP contribution in [0.15, 0.2) is 24.3 Å². The number of ether oxygens (including phenoxy) is 1. The molecule has 0 amide bonds. The molecule has 1 aliphatic carbocycles. The van der Waals surface area contributed by atoms with E-state index in [4.69, 9.17) is 10.00 Å². The number of hydrogen-bond donors (Lipinski definition) is 1. The molecular formula is C16H23N3O. The lowest BCUT2D eigenvalue weighted by Crippen LogP contribution is -2.31. The Balaban J connectivity index is 1.73. The molecule has 0 bridgehead atoms. The van der Waals surface area contributed by atoms with Crippen molar-refractivity contribution in [2.24, 2.45) is 0 Å². The van der Waals surface area contributed by atoms with E-state index >= 15 is 0 Å². The number of nitriles is 1. The Morgan fingerprint density at radius 3 is 2.70 bits per heavy atom. The zero-order valence-electron chi connectivity index (χ0n) is 12.3. The van der Waals surface area contributed by atoms with Gasteiger partial charge in [0, 0.05) is 25.2 Å². The lowest BCUT2D eigenvalue weighted by molar-refractivity contribution is 0.316. The number of nitrogens with one attached hydrogen (secondary N) is 1. The van der Waals surface area contributed by atoms with Crippen LogP contribution < -0.4 is 10.1 Å². The van der Waals surface area contributed by atoms with E-state index in [1.165, 1.54) is 18.4 Å². The van der Waals surface area contributed by atoms with Gasteiger partial charge in [-0.25, -0.2) is 0 Å². The number of rotatable bonds is 8. The van der Waals surface area contributed by atoms with E-state index in [0.717, 1.165) is 24.9 Å². The lowest BCUT2D eigenvalue weighted by Gasteiger charge is -2.19. The zero-order chi connectivity index (χ0) is 14.4. The van der Waals surface area contributed by atoms with Gasteiger partial charge < -0.3 is 15.0 Å². The normalized spacial score (nSPS) is 15.9. The lowest BCUT2D eigenvalue weighted by atomic mass is 10.1. The van der Waals surface area contributed by atoms with Crippen LogP contribution in [0.5, 0.6) is 5.75 Å². The van der Waals surface area contributed by atoms with E-state index in [-0.39, 0.29) is 6.61 Å². The monoisotopic (exact) mass is 273 g/mol. The minimum Gasteiger partial charge on any atom is -0.479 e. The van der Waals surface area contributed by atoms with Gasteiger partial charge in [0.25, 0.3) is 0 Å². The SMILES string of the molecule is CC(NCCN(C)C1CC1)c1ccc(OCC#N)cc1. The van der Waals surface area contributed by atoms with E-state index < -0.39 is 0 Å². The standard InChI is InChI=1S/C16H23N3O/c1-13(18-10-11-19(2)15-5-6-15)14-3-7-16(8-4-14)20-12-9-17/h3-4,7-8,13,15,18H,5-6,10-12H2,1-2H3. The molecule has 1 aromatic rings. The molecule has 0 spiro atoms. The summed E-state index contributed by atoms with van der Waals surface area (Å²) in [6.45, 7) is 4.36. The maximum absolute atomic E-state index is 8.47. The molecule has 108 valence electrons. The highest BCUT2D eigenvalue weighted by atomic mass is 16.5. The molecular weight excluding hydrogens is 250 g/mol. The minimum absolute atomic E-state index is 0.0979. The largest absolute Gasteiger partial charge is 0.479 e. The van der Waals surface area contributed by atoms with Crippen molar-refractivity contribution in [1.29, 1.82) is 5.26 Å². The fourth-order valence-corrected chi connectivity index (χ4v) is 2.24. The highest BCUT2D eigenvalue weighted by Gasteiger charge is 2.25.